The van der Waals surface area contributed by atoms with Gasteiger partial charge >= 0.3 is 0 Å². The molecule has 1 unspecified atom stereocenters. The number of carbonyl (C=O) groups excluding carboxylic acids is 1. The van der Waals surface area contributed by atoms with Crippen LogP contribution in [0, 0.1) is 6.92 Å². The molecule has 1 N–H and O–H groups in total. The van der Waals surface area contributed by atoms with Crippen LogP contribution in [0.25, 0.3) is 0 Å². The second-order valence-electron chi connectivity index (χ2n) is 6.22. The zero-order chi connectivity index (χ0) is 18.4. The number of aryl methyl sites for hydroxylation is 2. The fourth-order valence-corrected chi connectivity index (χ4v) is 3.01. The van der Waals surface area contributed by atoms with Gasteiger partial charge in [0.05, 0.1) is 14.2 Å². The topological polar surface area (TPSA) is 47.6 Å². The van der Waals surface area contributed by atoms with Gasteiger partial charge in [0.15, 0.2) is 0 Å². The van der Waals surface area contributed by atoms with E-state index in [0.717, 1.165) is 40.3 Å². The first kappa shape index (κ1) is 18.8. The Morgan fingerprint density at radius 1 is 1.16 bits per heavy atom. The third-order valence-corrected chi connectivity index (χ3v) is 4.47. The van der Waals surface area contributed by atoms with Crippen molar-refractivity contribution in [2.24, 2.45) is 0 Å². The molecular weight excluding hydrogens is 314 g/mol. The second kappa shape index (κ2) is 8.56. The maximum absolute atomic E-state index is 12.6. The van der Waals surface area contributed by atoms with Gasteiger partial charge in [0.25, 0.3) is 0 Å². The van der Waals surface area contributed by atoms with Crippen LogP contribution in [0.5, 0.6) is 11.5 Å². The largest absolute Gasteiger partial charge is 0.497 e. The molecular formula is C21H27NO3. The van der Waals surface area contributed by atoms with Gasteiger partial charge in [0.2, 0.25) is 5.91 Å². The summed E-state index contributed by atoms with van der Waals surface area (Å²) in [6, 6.07) is 11.8. The summed E-state index contributed by atoms with van der Waals surface area (Å²) in [7, 11) is 3.25. The van der Waals surface area contributed by atoms with E-state index in [4.69, 9.17) is 9.47 Å². The van der Waals surface area contributed by atoms with Gasteiger partial charge in [-0.05, 0) is 42.0 Å². The molecule has 1 atom stereocenters. The molecule has 0 heterocycles. The van der Waals surface area contributed by atoms with Crippen LogP contribution in [0.1, 0.15) is 42.9 Å². The Labute approximate surface area is 150 Å². The Hall–Kier alpha value is -2.49. The van der Waals surface area contributed by atoms with Crippen LogP contribution in [0.15, 0.2) is 36.4 Å². The van der Waals surface area contributed by atoms with Gasteiger partial charge in [-0.25, -0.2) is 0 Å². The Bertz CT molecular complexity index is 740. The number of hydrogen-bond acceptors (Lipinski definition) is 3. The van der Waals surface area contributed by atoms with Crippen LogP contribution in [0.3, 0.4) is 0 Å². The molecule has 0 aliphatic rings. The minimum absolute atomic E-state index is 0.00868. The summed E-state index contributed by atoms with van der Waals surface area (Å²) < 4.78 is 10.7. The number of para-hydroxylation sites is 1. The molecule has 0 fully saturated rings. The van der Waals surface area contributed by atoms with Crippen LogP contribution < -0.4 is 14.8 Å². The smallest absolute Gasteiger partial charge is 0.224 e. The highest BCUT2D eigenvalue weighted by Gasteiger charge is 2.17. The SMILES string of the molecule is CCc1cccc(C)c1NC(=O)CC(C)c1ccc(OC)cc1OC. The average molecular weight is 341 g/mol. The molecule has 25 heavy (non-hydrogen) atoms. The highest BCUT2D eigenvalue weighted by Crippen LogP contribution is 2.32. The van der Waals surface area contributed by atoms with Gasteiger partial charge in [-0.2, -0.15) is 0 Å². The quantitative estimate of drug-likeness (QED) is 0.793. The van der Waals surface area contributed by atoms with Crippen molar-refractivity contribution < 1.29 is 14.3 Å². The van der Waals surface area contributed by atoms with Crippen molar-refractivity contribution in [3.63, 3.8) is 0 Å². The number of nitrogens with one attached hydrogen (secondary N) is 1. The zero-order valence-electron chi connectivity index (χ0n) is 15.7. The van der Waals surface area contributed by atoms with Crippen molar-refractivity contribution in [1.29, 1.82) is 0 Å². The van der Waals surface area contributed by atoms with E-state index in [-0.39, 0.29) is 11.8 Å². The predicted molar refractivity (Wildman–Crippen MR) is 102 cm³/mol. The van der Waals surface area contributed by atoms with E-state index in [1.807, 2.05) is 44.2 Å². The number of benzene rings is 2. The molecule has 2 rings (SSSR count). The third kappa shape index (κ3) is 4.53. The molecule has 0 aliphatic heterocycles. The standard InChI is InChI=1S/C21H27NO3/c1-6-16-9-7-8-14(2)21(16)22-20(23)12-15(3)18-11-10-17(24-4)13-19(18)25-5/h7-11,13,15H,6,12H2,1-5H3,(H,22,23). The molecule has 0 aliphatic carbocycles. The van der Waals surface area contributed by atoms with Crippen molar-refractivity contribution >= 4 is 11.6 Å². The van der Waals surface area contributed by atoms with E-state index in [2.05, 4.69) is 18.3 Å². The number of amides is 1. The number of anilines is 1. The average Bonchev–Trinajstić information content (AvgIpc) is 2.62. The van der Waals surface area contributed by atoms with Crippen molar-refractivity contribution in [3.05, 3.63) is 53.1 Å². The molecule has 2 aromatic carbocycles. The summed E-state index contributed by atoms with van der Waals surface area (Å²) >= 11 is 0. The van der Waals surface area contributed by atoms with E-state index in [9.17, 15) is 4.79 Å². The van der Waals surface area contributed by atoms with Gasteiger partial charge in [-0.3, -0.25) is 4.79 Å². The van der Waals surface area contributed by atoms with Gasteiger partial charge in [0, 0.05) is 18.2 Å². The van der Waals surface area contributed by atoms with Crippen LogP contribution in [-0.2, 0) is 11.2 Å². The lowest BCUT2D eigenvalue weighted by Gasteiger charge is -2.18. The monoisotopic (exact) mass is 341 g/mol. The Morgan fingerprint density at radius 3 is 2.56 bits per heavy atom. The van der Waals surface area contributed by atoms with Crippen molar-refractivity contribution in [2.45, 2.75) is 39.5 Å². The summed E-state index contributed by atoms with van der Waals surface area (Å²) in [5, 5.41) is 3.09. The van der Waals surface area contributed by atoms with Crippen LogP contribution in [0.4, 0.5) is 5.69 Å². The Kier molecular flexibility index (Phi) is 6.45. The molecule has 2 aromatic rings. The highest BCUT2D eigenvalue weighted by atomic mass is 16.5. The summed E-state index contributed by atoms with van der Waals surface area (Å²) in [4.78, 5) is 12.6. The van der Waals surface area contributed by atoms with E-state index in [1.54, 1.807) is 14.2 Å². The molecule has 0 spiro atoms. The molecule has 4 heteroatoms. The normalized spacial score (nSPS) is 11.7. The van der Waals surface area contributed by atoms with Gasteiger partial charge < -0.3 is 14.8 Å². The molecule has 0 bridgehead atoms. The van der Waals surface area contributed by atoms with E-state index < -0.39 is 0 Å². The zero-order valence-corrected chi connectivity index (χ0v) is 15.7. The molecule has 0 saturated heterocycles. The first-order chi connectivity index (χ1) is 12.0. The second-order valence-corrected chi connectivity index (χ2v) is 6.22. The van der Waals surface area contributed by atoms with Crippen LogP contribution in [-0.4, -0.2) is 20.1 Å². The number of rotatable bonds is 7. The lowest BCUT2D eigenvalue weighted by Crippen LogP contribution is -2.16. The molecule has 0 aromatic heterocycles. The first-order valence-electron chi connectivity index (χ1n) is 8.60. The van der Waals surface area contributed by atoms with Crippen molar-refractivity contribution in [2.75, 3.05) is 19.5 Å². The molecule has 0 radical (unpaired) electrons. The molecule has 0 saturated carbocycles. The summed E-state index contributed by atoms with van der Waals surface area (Å²) in [5.41, 5.74) is 4.17. The predicted octanol–water partition coefficient (Wildman–Crippen LogP) is 4.71. The minimum Gasteiger partial charge on any atom is -0.497 e. The third-order valence-electron chi connectivity index (χ3n) is 4.47. The maximum Gasteiger partial charge on any atom is 0.224 e. The fourth-order valence-electron chi connectivity index (χ4n) is 3.01. The van der Waals surface area contributed by atoms with Crippen molar-refractivity contribution in [1.82, 2.24) is 0 Å². The maximum atomic E-state index is 12.6. The summed E-state index contributed by atoms with van der Waals surface area (Å²) in [5.74, 6) is 1.53. The van der Waals surface area contributed by atoms with E-state index in [1.165, 1.54) is 0 Å². The number of methoxy groups -OCH3 is 2. The molecule has 1 amide bonds. The highest BCUT2D eigenvalue weighted by molar-refractivity contribution is 5.92. The summed E-state index contributed by atoms with van der Waals surface area (Å²) in [6.45, 7) is 6.14. The molecule has 134 valence electrons. The van der Waals surface area contributed by atoms with Gasteiger partial charge in [-0.15, -0.1) is 0 Å². The summed E-state index contributed by atoms with van der Waals surface area (Å²) in [6.07, 6.45) is 1.28. The van der Waals surface area contributed by atoms with Gasteiger partial charge in [0.1, 0.15) is 11.5 Å². The van der Waals surface area contributed by atoms with E-state index >= 15 is 0 Å². The molecule has 4 nitrogen and oxygen atoms in total. The number of ether oxygens (including phenoxy) is 2. The Morgan fingerprint density at radius 2 is 1.92 bits per heavy atom. The Balaban J connectivity index is 2.13. The first-order valence-corrected chi connectivity index (χ1v) is 8.60. The van der Waals surface area contributed by atoms with Crippen molar-refractivity contribution in [3.8, 4) is 11.5 Å². The minimum atomic E-state index is 0.00868. The lowest BCUT2D eigenvalue weighted by atomic mass is 9.96. The fraction of sp³-hybridized carbons (Fsp3) is 0.381. The lowest BCUT2D eigenvalue weighted by molar-refractivity contribution is -0.116. The number of carbonyl (C=O) groups is 1. The van der Waals surface area contributed by atoms with E-state index in [0.29, 0.717) is 6.42 Å². The van der Waals surface area contributed by atoms with Crippen LogP contribution >= 0.6 is 0 Å². The van der Waals surface area contributed by atoms with Gasteiger partial charge in [-0.1, -0.05) is 38.1 Å². The number of hydrogen-bond donors (Lipinski definition) is 1. The van der Waals surface area contributed by atoms with Crippen LogP contribution in [0.2, 0.25) is 0 Å².